The third-order valence-corrected chi connectivity index (χ3v) is 5.23. The molecule has 1 aliphatic carbocycles. The zero-order valence-electron chi connectivity index (χ0n) is 13.1. The number of hydrogen-bond acceptors (Lipinski definition) is 3. The Bertz CT molecular complexity index is 503. The fourth-order valence-corrected chi connectivity index (χ4v) is 4.59. The van der Waals surface area contributed by atoms with Crippen LogP contribution in [0.5, 0.6) is 0 Å². The second-order valence-electron chi connectivity index (χ2n) is 6.34. The Morgan fingerprint density at radius 3 is 2.86 bits per heavy atom. The highest BCUT2D eigenvalue weighted by molar-refractivity contribution is 8.00. The normalized spacial score (nSPS) is 26.0. The molecule has 1 aromatic rings. The number of rotatable bonds is 5. The lowest BCUT2D eigenvalue weighted by Gasteiger charge is -2.39. The minimum atomic E-state index is -0.756. The summed E-state index contributed by atoms with van der Waals surface area (Å²) in [7, 11) is 0. The summed E-state index contributed by atoms with van der Waals surface area (Å²) in [4.78, 5) is 13.0. The van der Waals surface area contributed by atoms with Crippen molar-refractivity contribution in [2.45, 2.75) is 68.2 Å². The molecule has 0 radical (unpaired) electrons. The Balaban J connectivity index is 2.10. The summed E-state index contributed by atoms with van der Waals surface area (Å²) in [5, 5.41) is 13.4. The van der Waals surface area contributed by atoms with Crippen LogP contribution in [0.1, 0.15) is 45.1 Å². The summed E-state index contributed by atoms with van der Waals surface area (Å²) in [5.41, 5.74) is 0.495. The van der Waals surface area contributed by atoms with Crippen LogP contribution in [0.2, 0.25) is 0 Å². The molecule has 3 nitrogen and oxygen atoms in total. The van der Waals surface area contributed by atoms with Crippen LogP contribution in [0.4, 0.5) is 0 Å². The standard InChI is InChI=1S/C17H25NO2S/c1-12(2)18-17(16(19)20)9-5-8-15(11-17)21-14-7-4-6-13(3)10-14/h4,6-7,10,12,15,18H,5,8-9,11H2,1-3H3,(H,19,20). The number of nitrogens with one attached hydrogen (secondary N) is 1. The summed E-state index contributed by atoms with van der Waals surface area (Å²) in [6.45, 7) is 6.12. The Labute approximate surface area is 131 Å². The first-order valence-electron chi connectivity index (χ1n) is 7.66. The van der Waals surface area contributed by atoms with Crippen molar-refractivity contribution in [2.24, 2.45) is 0 Å². The van der Waals surface area contributed by atoms with E-state index in [1.165, 1.54) is 10.5 Å². The zero-order chi connectivity index (χ0) is 15.5. The fourth-order valence-electron chi connectivity index (χ4n) is 3.15. The van der Waals surface area contributed by atoms with Gasteiger partial charge in [0.15, 0.2) is 0 Å². The topological polar surface area (TPSA) is 49.3 Å². The van der Waals surface area contributed by atoms with Crippen LogP contribution in [-0.4, -0.2) is 27.9 Å². The summed E-state index contributed by atoms with van der Waals surface area (Å²) in [6.07, 6.45) is 3.48. The number of carboxylic acids is 1. The zero-order valence-corrected chi connectivity index (χ0v) is 13.9. The van der Waals surface area contributed by atoms with Crippen molar-refractivity contribution in [3.05, 3.63) is 29.8 Å². The minimum Gasteiger partial charge on any atom is -0.480 e. The maximum Gasteiger partial charge on any atom is 0.323 e. The Hall–Kier alpha value is -1.00. The molecule has 2 N–H and O–H groups in total. The molecule has 2 unspecified atom stereocenters. The molecule has 0 aromatic heterocycles. The smallest absolute Gasteiger partial charge is 0.323 e. The summed E-state index contributed by atoms with van der Waals surface area (Å²) in [6, 6.07) is 8.63. The molecule has 1 aliphatic rings. The van der Waals surface area contributed by atoms with Crippen LogP contribution in [0, 0.1) is 6.92 Å². The van der Waals surface area contributed by atoms with Gasteiger partial charge < -0.3 is 5.11 Å². The number of hydrogen-bond donors (Lipinski definition) is 2. The first kappa shape index (κ1) is 16.4. The summed E-state index contributed by atoms with van der Waals surface area (Å²) in [5.74, 6) is -0.703. The SMILES string of the molecule is Cc1cccc(SC2CCCC(NC(C)C)(C(=O)O)C2)c1. The van der Waals surface area contributed by atoms with Crippen LogP contribution in [0.25, 0.3) is 0 Å². The van der Waals surface area contributed by atoms with Gasteiger partial charge in [0.2, 0.25) is 0 Å². The van der Waals surface area contributed by atoms with E-state index in [1.807, 2.05) is 25.6 Å². The number of aryl methyl sites for hydroxylation is 1. The van der Waals surface area contributed by atoms with E-state index in [4.69, 9.17) is 0 Å². The van der Waals surface area contributed by atoms with Gasteiger partial charge in [-0.1, -0.05) is 17.7 Å². The highest BCUT2D eigenvalue weighted by atomic mass is 32.2. The molecule has 116 valence electrons. The Morgan fingerprint density at radius 2 is 2.24 bits per heavy atom. The van der Waals surface area contributed by atoms with Gasteiger partial charge in [-0.2, -0.15) is 0 Å². The van der Waals surface area contributed by atoms with E-state index in [1.54, 1.807) is 0 Å². The molecule has 2 atom stereocenters. The molecule has 1 fully saturated rings. The van der Waals surface area contributed by atoms with Gasteiger partial charge in [-0.25, -0.2) is 0 Å². The number of carbonyl (C=O) groups is 1. The fraction of sp³-hybridized carbons (Fsp3) is 0.588. The quantitative estimate of drug-likeness (QED) is 0.867. The molecule has 0 amide bonds. The molecule has 0 saturated heterocycles. The molecular formula is C17H25NO2S. The third-order valence-electron chi connectivity index (χ3n) is 3.97. The molecule has 1 aromatic carbocycles. The molecule has 0 spiro atoms. The second kappa shape index (κ2) is 6.84. The van der Waals surface area contributed by atoms with Crippen LogP contribution in [-0.2, 0) is 4.79 Å². The molecule has 0 bridgehead atoms. The van der Waals surface area contributed by atoms with E-state index < -0.39 is 11.5 Å². The van der Waals surface area contributed by atoms with Crippen molar-refractivity contribution in [1.82, 2.24) is 5.32 Å². The van der Waals surface area contributed by atoms with E-state index in [0.29, 0.717) is 11.7 Å². The van der Waals surface area contributed by atoms with Gasteiger partial charge in [-0.3, -0.25) is 10.1 Å². The average Bonchev–Trinajstić information content (AvgIpc) is 2.38. The average molecular weight is 307 g/mol. The summed E-state index contributed by atoms with van der Waals surface area (Å²) >= 11 is 1.82. The predicted octanol–water partition coefficient (Wildman–Crippen LogP) is 3.85. The maximum atomic E-state index is 11.8. The van der Waals surface area contributed by atoms with Crippen molar-refractivity contribution in [3.8, 4) is 0 Å². The molecule has 4 heteroatoms. The van der Waals surface area contributed by atoms with E-state index in [9.17, 15) is 9.90 Å². The highest BCUT2D eigenvalue weighted by Crippen LogP contribution is 2.39. The van der Waals surface area contributed by atoms with Crippen molar-refractivity contribution < 1.29 is 9.90 Å². The van der Waals surface area contributed by atoms with Crippen LogP contribution < -0.4 is 5.32 Å². The minimum absolute atomic E-state index is 0.184. The van der Waals surface area contributed by atoms with Gasteiger partial charge in [-0.05, 0) is 58.6 Å². The number of aliphatic carboxylic acids is 1. The second-order valence-corrected chi connectivity index (χ2v) is 7.71. The molecule has 21 heavy (non-hydrogen) atoms. The molecule has 0 heterocycles. The lowest BCUT2D eigenvalue weighted by Crippen LogP contribution is -2.57. The van der Waals surface area contributed by atoms with E-state index in [2.05, 4.69) is 36.5 Å². The first-order chi connectivity index (χ1) is 9.91. The van der Waals surface area contributed by atoms with Crippen LogP contribution >= 0.6 is 11.8 Å². The third kappa shape index (κ3) is 4.24. The molecular weight excluding hydrogens is 282 g/mol. The van der Waals surface area contributed by atoms with Gasteiger partial charge in [0.1, 0.15) is 5.54 Å². The van der Waals surface area contributed by atoms with Gasteiger partial charge >= 0.3 is 5.97 Å². The largest absolute Gasteiger partial charge is 0.480 e. The lowest BCUT2D eigenvalue weighted by atomic mass is 9.81. The highest BCUT2D eigenvalue weighted by Gasteiger charge is 2.43. The predicted molar refractivity (Wildman–Crippen MR) is 87.9 cm³/mol. The van der Waals surface area contributed by atoms with Gasteiger partial charge in [0, 0.05) is 16.2 Å². The molecule has 2 rings (SSSR count). The number of benzene rings is 1. The van der Waals surface area contributed by atoms with Gasteiger partial charge in [0.05, 0.1) is 0 Å². The van der Waals surface area contributed by atoms with Gasteiger partial charge in [0.25, 0.3) is 0 Å². The molecule has 1 saturated carbocycles. The Morgan fingerprint density at radius 1 is 1.48 bits per heavy atom. The maximum absolute atomic E-state index is 11.8. The van der Waals surface area contributed by atoms with Crippen LogP contribution in [0.15, 0.2) is 29.2 Å². The number of carboxylic acid groups (broad SMARTS) is 1. The van der Waals surface area contributed by atoms with Crippen LogP contribution in [0.3, 0.4) is 0 Å². The Kier molecular flexibility index (Phi) is 5.33. The first-order valence-corrected chi connectivity index (χ1v) is 8.54. The van der Waals surface area contributed by atoms with Crippen molar-refractivity contribution >= 4 is 17.7 Å². The summed E-state index contributed by atoms with van der Waals surface area (Å²) < 4.78 is 0. The van der Waals surface area contributed by atoms with Crippen molar-refractivity contribution in [1.29, 1.82) is 0 Å². The van der Waals surface area contributed by atoms with E-state index in [0.717, 1.165) is 19.3 Å². The van der Waals surface area contributed by atoms with Gasteiger partial charge in [-0.15, -0.1) is 11.8 Å². The lowest BCUT2D eigenvalue weighted by molar-refractivity contribution is -0.146. The van der Waals surface area contributed by atoms with E-state index >= 15 is 0 Å². The number of thioether (sulfide) groups is 1. The van der Waals surface area contributed by atoms with Crippen molar-refractivity contribution in [3.63, 3.8) is 0 Å². The van der Waals surface area contributed by atoms with Crippen molar-refractivity contribution in [2.75, 3.05) is 0 Å². The van der Waals surface area contributed by atoms with E-state index in [-0.39, 0.29) is 6.04 Å². The molecule has 0 aliphatic heterocycles. The monoisotopic (exact) mass is 307 g/mol.